The van der Waals surface area contributed by atoms with E-state index in [0.717, 1.165) is 53.6 Å². The number of ether oxygens (including phenoxy) is 2. The summed E-state index contributed by atoms with van der Waals surface area (Å²) >= 11 is 0. The highest BCUT2D eigenvalue weighted by Crippen LogP contribution is 2.36. The molecule has 2 aliphatic heterocycles. The van der Waals surface area contributed by atoms with Gasteiger partial charge < -0.3 is 39.9 Å². The minimum Gasteiger partial charge on any atom is -0.453 e. The van der Waals surface area contributed by atoms with Gasteiger partial charge in [0, 0.05) is 24.2 Å². The monoisotopic (exact) mass is 914 g/mol. The Morgan fingerprint density at radius 2 is 1.28 bits per heavy atom. The summed E-state index contributed by atoms with van der Waals surface area (Å²) in [5.74, 6) is 13.1. The number of alkyl carbamates (subject to hydrolysis) is 2. The van der Waals surface area contributed by atoms with Gasteiger partial charge in [0.05, 0.1) is 44.4 Å². The largest absolute Gasteiger partial charge is 0.453 e. The lowest BCUT2D eigenvalue weighted by Crippen LogP contribution is -2.51. The van der Waals surface area contributed by atoms with Crippen molar-refractivity contribution in [1.82, 2.24) is 40.4 Å². The first-order chi connectivity index (χ1) is 29.6. The molecule has 0 aliphatic carbocycles. The molecule has 4 atom stereocenters. The number of benzene rings is 2. The Bertz CT molecular complexity index is 2420. The van der Waals surface area contributed by atoms with Crippen molar-refractivity contribution in [2.75, 3.05) is 27.3 Å². The Kier molecular flexibility index (Phi) is 17.5. The van der Waals surface area contributed by atoms with E-state index in [4.69, 9.17) is 14.5 Å². The predicted octanol–water partition coefficient (Wildman–Crippen LogP) is 8.10. The molecule has 0 spiro atoms. The lowest BCUT2D eigenvalue weighted by Gasteiger charge is -2.30. The summed E-state index contributed by atoms with van der Waals surface area (Å²) in [4.78, 5) is 71.1. The molecule has 16 heteroatoms. The topological polar surface area (TPSA) is 175 Å². The van der Waals surface area contributed by atoms with Gasteiger partial charge in [-0.1, -0.05) is 84.7 Å². The van der Waals surface area contributed by atoms with Crippen LogP contribution in [0.5, 0.6) is 0 Å². The third-order valence-corrected chi connectivity index (χ3v) is 11.5. The summed E-state index contributed by atoms with van der Waals surface area (Å²) in [6.07, 6.45) is 5.27. The van der Waals surface area contributed by atoms with Crippen LogP contribution in [0.2, 0.25) is 0 Å². The Morgan fingerprint density at radius 3 is 1.83 bits per heavy atom. The van der Waals surface area contributed by atoms with Gasteiger partial charge in [-0.05, 0) is 89.5 Å². The molecule has 342 valence electrons. The van der Waals surface area contributed by atoms with Crippen LogP contribution in [0, 0.1) is 35.5 Å². The first-order valence-corrected chi connectivity index (χ1v) is 21.3. The molecule has 6 rings (SSSR count). The van der Waals surface area contributed by atoms with Crippen LogP contribution in [0.3, 0.4) is 0 Å². The van der Waals surface area contributed by atoms with Crippen molar-refractivity contribution in [3.8, 4) is 46.1 Å². The number of aromatic nitrogens is 4. The predicted molar refractivity (Wildman–Crippen MR) is 251 cm³/mol. The van der Waals surface area contributed by atoms with Gasteiger partial charge >= 0.3 is 12.2 Å². The highest BCUT2D eigenvalue weighted by atomic mass is 35.5. The molecule has 4 heterocycles. The van der Waals surface area contributed by atoms with Gasteiger partial charge in [-0.25, -0.2) is 19.6 Å². The number of carbonyl (C=O) groups excluding carboxylic acids is 4. The van der Waals surface area contributed by atoms with Crippen molar-refractivity contribution in [1.29, 1.82) is 0 Å². The van der Waals surface area contributed by atoms with Crippen molar-refractivity contribution in [3.05, 3.63) is 83.3 Å². The van der Waals surface area contributed by atoms with Gasteiger partial charge in [-0.15, -0.1) is 24.8 Å². The van der Waals surface area contributed by atoms with E-state index in [1.54, 1.807) is 22.2 Å². The number of hydrogen-bond donors (Lipinski definition) is 4. The number of methoxy groups -OCH3 is 2. The number of likely N-dealkylation sites (tertiary alicyclic amines) is 2. The number of hydrogen-bond acceptors (Lipinski definition) is 8. The van der Waals surface area contributed by atoms with Crippen molar-refractivity contribution < 1.29 is 28.7 Å². The van der Waals surface area contributed by atoms with Crippen molar-refractivity contribution >= 4 is 48.8 Å². The highest BCUT2D eigenvalue weighted by Gasteiger charge is 2.39. The number of H-pyrrole nitrogens is 2. The van der Waals surface area contributed by atoms with Gasteiger partial charge in [0.2, 0.25) is 11.8 Å². The Hall–Kier alpha value is -5.96. The van der Waals surface area contributed by atoms with Crippen LogP contribution in [0.1, 0.15) is 115 Å². The molecule has 2 fully saturated rings. The molecular weight excluding hydrogens is 855 g/mol. The summed E-state index contributed by atoms with van der Waals surface area (Å²) in [5.41, 5.74) is 6.14. The molecule has 4 aromatic rings. The molecule has 0 bridgehead atoms. The standard InChI is InChI=1S/C48H58N8O6.2ClH/c1-29(2)40(53-46(59)61-8)44(57)55-23-13-19-38(55)42-49-27-35(51-42)18-11-10-15-31-21-22-33(26-36(31)32-16-12-17-34(25-32)48(5,6)7)37-28-50-43(52-37)39-20-14-24-56(39)45(58)41(30(3)4)54-47(60)62-9;;/h12,16-17,21-22,25-30,38-41H,13-14,19-20,23-24H2,1-9H3,(H,49,51)(H,50,52)(H,53,59)(H,54,60);2*1H/t38-,39-,40-,41-;;/m0../s1. The summed E-state index contributed by atoms with van der Waals surface area (Å²) in [5, 5.41) is 5.39. The molecule has 2 aromatic carbocycles. The SMILES string of the molecule is COC(=O)N[C@H](C(=O)N1CCC[C@H]1c1ncc(C#CC#Cc2ccc(-c3cnc([C@@H]4CCCN4C(=O)[C@@H](NC(=O)OC)C(C)C)[nH]3)cc2-c2cccc(C(C)(C)C)c2)[nH]1)C(C)C.Cl.Cl. The molecule has 0 unspecified atom stereocenters. The zero-order chi connectivity index (χ0) is 44.7. The zero-order valence-corrected chi connectivity index (χ0v) is 39.6. The zero-order valence-electron chi connectivity index (χ0n) is 38.0. The molecule has 0 saturated carbocycles. The molecule has 14 nitrogen and oxygen atoms in total. The molecule has 4 amide bonds. The van der Waals surface area contributed by atoms with Gasteiger partial charge in [0.25, 0.3) is 0 Å². The fourth-order valence-corrected chi connectivity index (χ4v) is 8.02. The van der Waals surface area contributed by atoms with E-state index in [2.05, 4.69) is 100 Å². The summed E-state index contributed by atoms with van der Waals surface area (Å²) < 4.78 is 9.55. The van der Waals surface area contributed by atoms with Crippen molar-refractivity contribution in [2.24, 2.45) is 11.8 Å². The average Bonchev–Trinajstić information content (AvgIpc) is 4.10. The van der Waals surface area contributed by atoms with Crippen LogP contribution < -0.4 is 10.6 Å². The number of aromatic amines is 2. The first kappa shape index (κ1) is 50.7. The lowest BCUT2D eigenvalue weighted by molar-refractivity contribution is -0.136. The minimum absolute atomic E-state index is 0. The second-order valence-corrected chi connectivity index (χ2v) is 17.5. The number of nitrogens with zero attached hydrogens (tertiary/aromatic N) is 4. The molecule has 2 saturated heterocycles. The summed E-state index contributed by atoms with van der Waals surface area (Å²) in [6.45, 7) is 15.2. The third-order valence-electron chi connectivity index (χ3n) is 11.5. The second-order valence-electron chi connectivity index (χ2n) is 17.5. The molecule has 64 heavy (non-hydrogen) atoms. The molecule has 4 N–H and O–H groups in total. The number of nitrogens with one attached hydrogen (secondary N) is 4. The van der Waals surface area contributed by atoms with Crippen molar-refractivity contribution in [3.63, 3.8) is 0 Å². The fraction of sp³-hybridized carbons (Fsp3) is 0.458. The molecule has 0 radical (unpaired) electrons. The fourth-order valence-electron chi connectivity index (χ4n) is 8.02. The Labute approximate surface area is 388 Å². The van der Waals surface area contributed by atoms with Gasteiger partial charge in [0.1, 0.15) is 29.4 Å². The number of carbonyl (C=O) groups is 4. The van der Waals surface area contributed by atoms with Crippen molar-refractivity contribution in [2.45, 2.75) is 104 Å². The number of imidazole rings is 2. The van der Waals surface area contributed by atoms with Crippen LogP contribution in [0.15, 0.2) is 54.9 Å². The van der Waals surface area contributed by atoms with Crippen LogP contribution in [0.4, 0.5) is 9.59 Å². The second kappa shape index (κ2) is 22.1. The Morgan fingerprint density at radius 1 is 0.734 bits per heavy atom. The molecule has 2 aromatic heterocycles. The smallest absolute Gasteiger partial charge is 0.407 e. The summed E-state index contributed by atoms with van der Waals surface area (Å²) in [7, 11) is 2.56. The van der Waals surface area contributed by atoms with E-state index < -0.39 is 24.3 Å². The van der Waals surface area contributed by atoms with E-state index in [9.17, 15) is 19.2 Å². The van der Waals surface area contributed by atoms with Gasteiger partial charge in [-0.3, -0.25) is 9.59 Å². The van der Waals surface area contributed by atoms with Gasteiger partial charge in [0.15, 0.2) is 0 Å². The van der Waals surface area contributed by atoms with Crippen LogP contribution in [-0.4, -0.2) is 93.1 Å². The maximum absolute atomic E-state index is 13.7. The number of rotatable bonds is 10. The minimum atomic E-state index is -0.721. The van der Waals surface area contributed by atoms with E-state index >= 15 is 0 Å². The van der Waals surface area contributed by atoms with E-state index in [0.29, 0.717) is 30.4 Å². The third kappa shape index (κ3) is 11.8. The van der Waals surface area contributed by atoms with Crippen LogP contribution >= 0.6 is 24.8 Å². The van der Waals surface area contributed by atoms with E-state index in [1.807, 2.05) is 39.8 Å². The Balaban J connectivity index is 0.00000449. The first-order valence-electron chi connectivity index (χ1n) is 21.3. The highest BCUT2D eigenvalue weighted by molar-refractivity contribution is 5.87. The van der Waals surface area contributed by atoms with Gasteiger partial charge in [-0.2, -0.15) is 0 Å². The maximum Gasteiger partial charge on any atom is 0.407 e. The average molecular weight is 916 g/mol. The molecular formula is C48H60Cl2N8O6. The van der Waals surface area contributed by atoms with Crippen LogP contribution in [-0.2, 0) is 24.5 Å². The summed E-state index contributed by atoms with van der Waals surface area (Å²) in [6, 6.07) is 12.6. The lowest BCUT2D eigenvalue weighted by atomic mass is 9.85. The molecule has 2 aliphatic rings. The van der Waals surface area contributed by atoms with E-state index in [-0.39, 0.29) is 66.0 Å². The number of amides is 4. The number of halogens is 2. The maximum atomic E-state index is 13.7. The quantitative estimate of drug-likeness (QED) is 0.116. The van der Waals surface area contributed by atoms with E-state index in [1.165, 1.54) is 19.8 Å². The normalized spacial score (nSPS) is 16.6. The van der Waals surface area contributed by atoms with Crippen LogP contribution in [0.25, 0.3) is 22.4 Å².